The van der Waals surface area contributed by atoms with Crippen LogP contribution in [-0.4, -0.2) is 34.3 Å². The zero-order valence-electron chi connectivity index (χ0n) is 18.5. The van der Waals surface area contributed by atoms with Crippen molar-refractivity contribution in [2.24, 2.45) is 0 Å². The molecule has 3 aromatic heterocycles. The third-order valence-electron chi connectivity index (χ3n) is 5.39. The van der Waals surface area contributed by atoms with E-state index in [1.807, 2.05) is 0 Å². The van der Waals surface area contributed by atoms with Gasteiger partial charge in [-0.2, -0.15) is 5.10 Å². The van der Waals surface area contributed by atoms with E-state index in [2.05, 4.69) is 88.7 Å². The number of nitrogens with two attached hydrogens (primary N) is 1. The van der Waals surface area contributed by atoms with Gasteiger partial charge >= 0.3 is 0 Å². The Bertz CT molecular complexity index is 1410. The summed E-state index contributed by atoms with van der Waals surface area (Å²) in [5, 5.41) is 4.35. The molecule has 5 rings (SSSR count). The fourth-order valence-electron chi connectivity index (χ4n) is 3.97. The Balaban J connectivity index is 1.77. The zero-order chi connectivity index (χ0) is 22.5. The smallest absolute Gasteiger partial charge is 0.219 e. The van der Waals surface area contributed by atoms with E-state index in [0.29, 0.717) is 0 Å². The van der Waals surface area contributed by atoms with Crippen LogP contribution < -0.4 is 5.73 Å². The highest BCUT2D eigenvalue weighted by Crippen LogP contribution is 2.35. The average molecular weight is 425 g/mol. The number of hydrogen-bond donors (Lipinski definition) is 1. The van der Waals surface area contributed by atoms with E-state index in [-0.39, 0.29) is 11.5 Å². The maximum Gasteiger partial charge on any atom is 0.219 e. The molecule has 0 spiro atoms. The van der Waals surface area contributed by atoms with Crippen LogP contribution in [0.3, 0.4) is 0 Å². The van der Waals surface area contributed by atoms with Gasteiger partial charge in [0, 0.05) is 29.1 Å². The number of nitrogen functional groups attached to an aromatic ring is 1. The van der Waals surface area contributed by atoms with Crippen LogP contribution in [0.15, 0.2) is 61.4 Å². The second-order valence-corrected chi connectivity index (χ2v) is 8.84. The van der Waals surface area contributed by atoms with Crippen LogP contribution in [0.1, 0.15) is 26.3 Å². The van der Waals surface area contributed by atoms with Crippen LogP contribution >= 0.6 is 0 Å². The molecule has 0 saturated heterocycles. The Hall–Kier alpha value is -4.07. The molecule has 0 bridgehead atoms. The number of imidazole rings is 1. The van der Waals surface area contributed by atoms with Crippen molar-refractivity contribution < 1.29 is 0 Å². The van der Waals surface area contributed by atoms with E-state index in [1.54, 1.807) is 23.4 Å². The molecule has 0 amide bonds. The molecule has 160 valence electrons. The molecule has 0 aliphatic heterocycles. The highest BCUT2D eigenvalue weighted by molar-refractivity contribution is 5.87. The predicted molar refractivity (Wildman–Crippen MR) is 125 cm³/mol. The van der Waals surface area contributed by atoms with E-state index in [1.165, 1.54) is 6.33 Å². The van der Waals surface area contributed by atoms with Crippen molar-refractivity contribution in [2.75, 3.05) is 5.73 Å². The van der Waals surface area contributed by atoms with Crippen LogP contribution in [0.25, 0.3) is 39.2 Å². The van der Waals surface area contributed by atoms with Crippen molar-refractivity contribution in [3.05, 3.63) is 67.0 Å². The lowest BCUT2D eigenvalue weighted by atomic mass is 10.0. The number of benzene rings is 2. The van der Waals surface area contributed by atoms with Crippen molar-refractivity contribution in [2.45, 2.75) is 33.2 Å². The number of aryl methyl sites for hydroxylation is 1. The van der Waals surface area contributed by atoms with Gasteiger partial charge in [0.1, 0.15) is 18.5 Å². The molecule has 32 heavy (non-hydrogen) atoms. The third-order valence-corrected chi connectivity index (χ3v) is 5.39. The third kappa shape index (κ3) is 3.39. The standard InChI is InChI=1S/C24H24N8/c1-15-5-7-20(31-14-26-13-29-31)18(9-15)22-30-19-10-16(17-11-27-23(25)28-12-17)6-8-21(19)32(22)24(2,3)4/h5-14H,1-4H3,(H2,25,27,28). The highest BCUT2D eigenvalue weighted by Gasteiger charge is 2.25. The second-order valence-electron chi connectivity index (χ2n) is 8.84. The van der Waals surface area contributed by atoms with Gasteiger partial charge in [0.15, 0.2) is 0 Å². The minimum Gasteiger partial charge on any atom is -0.368 e. The van der Waals surface area contributed by atoms with Crippen LogP contribution in [0.5, 0.6) is 0 Å². The monoisotopic (exact) mass is 424 g/mol. The van der Waals surface area contributed by atoms with Crippen molar-refractivity contribution in [3.8, 4) is 28.2 Å². The number of aromatic nitrogens is 7. The van der Waals surface area contributed by atoms with E-state index < -0.39 is 0 Å². The number of nitrogens with zero attached hydrogens (tertiary/aromatic N) is 7. The molecule has 0 radical (unpaired) electrons. The number of fused-ring (bicyclic) bond motifs is 1. The van der Waals surface area contributed by atoms with Gasteiger partial charge in [-0.25, -0.2) is 24.6 Å². The summed E-state index contributed by atoms with van der Waals surface area (Å²) in [7, 11) is 0. The molecule has 3 heterocycles. The summed E-state index contributed by atoms with van der Waals surface area (Å²) in [6, 6.07) is 12.5. The van der Waals surface area contributed by atoms with Crippen LogP contribution in [0.2, 0.25) is 0 Å². The van der Waals surface area contributed by atoms with E-state index in [4.69, 9.17) is 10.7 Å². The Morgan fingerprint density at radius 2 is 1.72 bits per heavy atom. The van der Waals surface area contributed by atoms with Gasteiger partial charge in [-0.3, -0.25) is 0 Å². The van der Waals surface area contributed by atoms with E-state index in [9.17, 15) is 0 Å². The summed E-state index contributed by atoms with van der Waals surface area (Å²) >= 11 is 0. The molecule has 0 fully saturated rings. The summed E-state index contributed by atoms with van der Waals surface area (Å²) in [4.78, 5) is 17.5. The van der Waals surface area contributed by atoms with Crippen molar-refractivity contribution in [1.82, 2.24) is 34.3 Å². The van der Waals surface area contributed by atoms with Crippen molar-refractivity contribution in [3.63, 3.8) is 0 Å². The fraction of sp³-hybridized carbons (Fsp3) is 0.208. The quantitative estimate of drug-likeness (QED) is 0.461. The first-order valence-electron chi connectivity index (χ1n) is 10.4. The second kappa shape index (κ2) is 7.26. The molecule has 5 aromatic rings. The van der Waals surface area contributed by atoms with Gasteiger partial charge in [0.05, 0.1) is 16.7 Å². The van der Waals surface area contributed by atoms with Crippen LogP contribution in [0, 0.1) is 6.92 Å². The fourth-order valence-corrected chi connectivity index (χ4v) is 3.97. The van der Waals surface area contributed by atoms with Gasteiger partial charge in [-0.15, -0.1) is 0 Å². The van der Waals surface area contributed by atoms with E-state index in [0.717, 1.165) is 44.8 Å². The molecule has 0 unspecified atom stereocenters. The lowest BCUT2D eigenvalue weighted by Crippen LogP contribution is -2.23. The number of rotatable bonds is 3. The van der Waals surface area contributed by atoms with Gasteiger partial charge < -0.3 is 10.3 Å². The summed E-state index contributed by atoms with van der Waals surface area (Å²) in [5.74, 6) is 1.14. The molecule has 0 atom stereocenters. The maximum atomic E-state index is 5.65. The minimum atomic E-state index is -0.195. The van der Waals surface area contributed by atoms with Crippen molar-refractivity contribution >= 4 is 17.0 Å². The zero-order valence-corrected chi connectivity index (χ0v) is 18.5. The molecule has 0 saturated carbocycles. The minimum absolute atomic E-state index is 0.195. The first kappa shape index (κ1) is 19.9. The molecule has 2 aromatic carbocycles. The summed E-state index contributed by atoms with van der Waals surface area (Å²) < 4.78 is 4.05. The lowest BCUT2D eigenvalue weighted by Gasteiger charge is -2.25. The highest BCUT2D eigenvalue weighted by atomic mass is 15.3. The first-order chi connectivity index (χ1) is 15.3. The topological polar surface area (TPSA) is 100 Å². The summed E-state index contributed by atoms with van der Waals surface area (Å²) in [5.41, 5.74) is 12.4. The molecule has 8 heteroatoms. The number of hydrogen-bond acceptors (Lipinski definition) is 6. The van der Waals surface area contributed by atoms with Gasteiger partial charge in [-0.05, 0) is 57.5 Å². The summed E-state index contributed by atoms with van der Waals surface area (Å²) in [6.07, 6.45) is 6.71. The summed E-state index contributed by atoms with van der Waals surface area (Å²) in [6.45, 7) is 8.64. The van der Waals surface area contributed by atoms with Gasteiger partial charge in [-0.1, -0.05) is 17.7 Å². The maximum absolute atomic E-state index is 5.65. The van der Waals surface area contributed by atoms with Crippen LogP contribution in [0.4, 0.5) is 5.95 Å². The van der Waals surface area contributed by atoms with Gasteiger partial charge in [0.25, 0.3) is 0 Å². The van der Waals surface area contributed by atoms with E-state index >= 15 is 0 Å². The molecule has 0 aliphatic rings. The SMILES string of the molecule is Cc1ccc(-n2cncn2)c(-c2nc3cc(-c4cnc(N)nc4)ccc3n2C(C)(C)C)c1. The molecular weight excluding hydrogens is 400 g/mol. The average Bonchev–Trinajstić information content (AvgIpc) is 3.41. The van der Waals surface area contributed by atoms with Gasteiger partial charge in [0.2, 0.25) is 5.95 Å². The molecular formula is C24H24N8. The normalized spacial score (nSPS) is 11.9. The molecule has 8 nitrogen and oxygen atoms in total. The predicted octanol–water partition coefficient (Wildman–Crippen LogP) is 4.39. The van der Waals surface area contributed by atoms with Crippen LogP contribution in [-0.2, 0) is 5.54 Å². The largest absolute Gasteiger partial charge is 0.368 e. The number of anilines is 1. The molecule has 0 aliphatic carbocycles. The Morgan fingerprint density at radius 1 is 0.938 bits per heavy atom. The lowest BCUT2D eigenvalue weighted by molar-refractivity contribution is 0.413. The van der Waals surface area contributed by atoms with Crippen molar-refractivity contribution in [1.29, 1.82) is 0 Å². The Labute approximate surface area is 185 Å². The Kier molecular flexibility index (Phi) is 4.51. The Morgan fingerprint density at radius 3 is 2.41 bits per heavy atom. The molecule has 2 N–H and O–H groups in total. The first-order valence-corrected chi connectivity index (χ1v) is 10.4.